The minimum absolute atomic E-state index is 0.0486. The van der Waals surface area contributed by atoms with Crippen molar-refractivity contribution < 1.29 is 14.4 Å². The molecule has 1 heterocycles. The van der Waals surface area contributed by atoms with E-state index in [-0.39, 0.29) is 16.6 Å². The number of aryl methyl sites for hydroxylation is 1. The molecule has 32 heavy (non-hydrogen) atoms. The van der Waals surface area contributed by atoms with Crippen molar-refractivity contribution in [2.75, 3.05) is 15.5 Å². The Morgan fingerprint density at radius 3 is 2.22 bits per heavy atom. The van der Waals surface area contributed by atoms with E-state index in [1.165, 1.54) is 0 Å². The molecule has 3 aromatic rings. The summed E-state index contributed by atoms with van der Waals surface area (Å²) in [4.78, 5) is 39.1. The molecule has 0 saturated carbocycles. The zero-order valence-electron chi connectivity index (χ0n) is 16.9. The molecule has 2 N–H and O–H groups in total. The Balaban J connectivity index is 1.53. The first-order valence-corrected chi connectivity index (χ1v) is 10.4. The molecule has 6 nitrogen and oxygen atoms in total. The van der Waals surface area contributed by atoms with Gasteiger partial charge in [0.2, 0.25) is 0 Å². The van der Waals surface area contributed by atoms with E-state index in [0.29, 0.717) is 27.6 Å². The first-order chi connectivity index (χ1) is 15.3. The van der Waals surface area contributed by atoms with Gasteiger partial charge < -0.3 is 10.6 Å². The second-order valence-electron chi connectivity index (χ2n) is 7.14. The molecule has 160 valence electrons. The van der Waals surface area contributed by atoms with Gasteiger partial charge in [-0.3, -0.25) is 14.4 Å². The van der Waals surface area contributed by atoms with Gasteiger partial charge in [0.15, 0.2) is 0 Å². The van der Waals surface area contributed by atoms with E-state index < -0.39 is 11.8 Å². The van der Waals surface area contributed by atoms with E-state index in [9.17, 15) is 14.4 Å². The van der Waals surface area contributed by atoms with Crippen LogP contribution in [0.1, 0.15) is 15.9 Å². The Hall–Kier alpha value is -3.61. The number of carbonyl (C=O) groups excluding carboxylic acids is 3. The Kier molecular flexibility index (Phi) is 5.99. The van der Waals surface area contributed by atoms with E-state index in [0.717, 1.165) is 10.5 Å². The lowest BCUT2D eigenvalue weighted by Crippen LogP contribution is -2.32. The number of nitrogens with zero attached hydrogens (tertiary/aromatic N) is 1. The summed E-state index contributed by atoms with van der Waals surface area (Å²) in [6, 6.07) is 20.2. The zero-order chi connectivity index (χ0) is 22.8. The standard InChI is InChI=1S/C24H17Cl2N3O3/c1-14-5-11-19(12-6-14)29-23(31)20(26)21(24(29)32)27-18-4-2-3-15(13-18)22(30)28-17-9-7-16(25)8-10-17/h2-13,27H,1H3,(H,28,30). The van der Waals surface area contributed by atoms with Crippen molar-refractivity contribution in [3.05, 3.63) is 99.7 Å². The molecule has 0 bridgehead atoms. The van der Waals surface area contributed by atoms with Gasteiger partial charge in [0.25, 0.3) is 17.7 Å². The van der Waals surface area contributed by atoms with Crippen molar-refractivity contribution in [1.29, 1.82) is 0 Å². The van der Waals surface area contributed by atoms with E-state index in [1.54, 1.807) is 72.8 Å². The van der Waals surface area contributed by atoms with Crippen LogP contribution in [0.3, 0.4) is 0 Å². The van der Waals surface area contributed by atoms with E-state index in [2.05, 4.69) is 10.6 Å². The molecule has 8 heteroatoms. The number of hydrogen-bond donors (Lipinski definition) is 2. The van der Waals surface area contributed by atoms with Crippen LogP contribution >= 0.6 is 23.2 Å². The van der Waals surface area contributed by atoms with Gasteiger partial charge >= 0.3 is 0 Å². The molecule has 0 aliphatic carbocycles. The van der Waals surface area contributed by atoms with Gasteiger partial charge in [0, 0.05) is 22.0 Å². The number of carbonyl (C=O) groups is 3. The molecular weight excluding hydrogens is 449 g/mol. The van der Waals surface area contributed by atoms with Crippen molar-refractivity contribution in [2.45, 2.75) is 6.92 Å². The third-order valence-corrected chi connectivity index (χ3v) is 5.42. The van der Waals surface area contributed by atoms with Gasteiger partial charge in [0.1, 0.15) is 10.7 Å². The molecule has 1 aliphatic heterocycles. The summed E-state index contributed by atoms with van der Waals surface area (Å²) in [5.41, 5.74) is 2.76. The molecule has 0 radical (unpaired) electrons. The maximum absolute atomic E-state index is 12.9. The lowest BCUT2D eigenvalue weighted by atomic mass is 10.1. The zero-order valence-corrected chi connectivity index (χ0v) is 18.4. The summed E-state index contributed by atoms with van der Waals surface area (Å²) >= 11 is 12.1. The van der Waals surface area contributed by atoms with Crippen molar-refractivity contribution in [3.63, 3.8) is 0 Å². The van der Waals surface area contributed by atoms with Crippen LogP contribution in [0.5, 0.6) is 0 Å². The minimum atomic E-state index is -0.611. The van der Waals surface area contributed by atoms with Crippen molar-refractivity contribution in [3.8, 4) is 0 Å². The van der Waals surface area contributed by atoms with Gasteiger partial charge in [-0.15, -0.1) is 0 Å². The normalized spacial score (nSPS) is 13.5. The van der Waals surface area contributed by atoms with Crippen molar-refractivity contribution in [2.24, 2.45) is 0 Å². The lowest BCUT2D eigenvalue weighted by Gasteiger charge is -2.15. The highest BCUT2D eigenvalue weighted by atomic mass is 35.5. The number of nitrogens with one attached hydrogen (secondary N) is 2. The fraction of sp³-hybridized carbons (Fsp3) is 0.0417. The van der Waals surface area contributed by atoms with Crippen LogP contribution in [0.25, 0.3) is 0 Å². The van der Waals surface area contributed by atoms with Gasteiger partial charge in [-0.1, -0.05) is 47.0 Å². The highest BCUT2D eigenvalue weighted by Crippen LogP contribution is 2.30. The number of imide groups is 1. The van der Waals surface area contributed by atoms with Gasteiger partial charge in [-0.2, -0.15) is 0 Å². The SMILES string of the molecule is Cc1ccc(N2C(=O)C(Cl)=C(Nc3cccc(C(=O)Nc4ccc(Cl)cc4)c3)C2=O)cc1. The minimum Gasteiger partial charge on any atom is -0.350 e. The fourth-order valence-electron chi connectivity index (χ4n) is 3.16. The molecule has 0 saturated heterocycles. The highest BCUT2D eigenvalue weighted by Gasteiger charge is 2.38. The van der Waals surface area contributed by atoms with Crippen LogP contribution in [-0.4, -0.2) is 17.7 Å². The molecule has 0 aromatic heterocycles. The summed E-state index contributed by atoms with van der Waals surface area (Å²) in [5, 5.41) is 6.01. The van der Waals surface area contributed by atoms with Crippen LogP contribution < -0.4 is 15.5 Å². The number of rotatable bonds is 5. The van der Waals surface area contributed by atoms with E-state index in [1.807, 2.05) is 6.92 Å². The van der Waals surface area contributed by atoms with Gasteiger partial charge in [0.05, 0.1) is 5.69 Å². The second-order valence-corrected chi connectivity index (χ2v) is 7.95. The summed E-state index contributed by atoms with van der Waals surface area (Å²) in [6.07, 6.45) is 0. The molecular formula is C24H17Cl2N3O3. The van der Waals surface area contributed by atoms with Crippen molar-refractivity contribution in [1.82, 2.24) is 0 Å². The predicted octanol–water partition coefficient (Wildman–Crippen LogP) is 5.34. The van der Waals surface area contributed by atoms with Gasteiger partial charge in [-0.25, -0.2) is 4.90 Å². The predicted molar refractivity (Wildman–Crippen MR) is 126 cm³/mol. The molecule has 0 unspecified atom stereocenters. The third kappa shape index (κ3) is 4.37. The Morgan fingerprint density at radius 2 is 1.53 bits per heavy atom. The number of halogens is 2. The van der Waals surface area contributed by atoms with Crippen LogP contribution in [0.15, 0.2) is 83.5 Å². The first kappa shape index (κ1) is 21.6. The number of benzene rings is 3. The Labute approximate surface area is 194 Å². The summed E-state index contributed by atoms with van der Waals surface area (Å²) in [6.45, 7) is 1.91. The van der Waals surface area contributed by atoms with Crippen molar-refractivity contribution >= 4 is 58.0 Å². The highest BCUT2D eigenvalue weighted by molar-refractivity contribution is 6.53. The summed E-state index contributed by atoms with van der Waals surface area (Å²) in [5.74, 6) is -1.52. The maximum Gasteiger partial charge on any atom is 0.283 e. The monoisotopic (exact) mass is 465 g/mol. The average Bonchev–Trinajstić information content (AvgIpc) is 2.99. The molecule has 1 aliphatic rings. The molecule has 0 fully saturated rings. The maximum atomic E-state index is 12.9. The molecule has 3 aromatic carbocycles. The van der Waals surface area contributed by atoms with E-state index in [4.69, 9.17) is 23.2 Å². The van der Waals surface area contributed by atoms with Crippen LogP contribution in [0.4, 0.5) is 17.1 Å². The topological polar surface area (TPSA) is 78.5 Å². The lowest BCUT2D eigenvalue weighted by molar-refractivity contribution is -0.120. The number of amides is 3. The van der Waals surface area contributed by atoms with Crippen LogP contribution in [-0.2, 0) is 9.59 Å². The second kappa shape index (κ2) is 8.86. The summed E-state index contributed by atoms with van der Waals surface area (Å²) in [7, 11) is 0. The molecule has 4 rings (SSSR count). The first-order valence-electron chi connectivity index (χ1n) is 9.63. The number of anilines is 3. The van der Waals surface area contributed by atoms with Crippen LogP contribution in [0, 0.1) is 6.92 Å². The quantitative estimate of drug-likeness (QED) is 0.498. The molecule has 0 spiro atoms. The number of hydrogen-bond acceptors (Lipinski definition) is 4. The Bertz CT molecular complexity index is 1250. The molecule has 3 amide bonds. The smallest absolute Gasteiger partial charge is 0.283 e. The van der Waals surface area contributed by atoms with E-state index >= 15 is 0 Å². The van der Waals surface area contributed by atoms with Crippen LogP contribution in [0.2, 0.25) is 5.02 Å². The third-order valence-electron chi connectivity index (χ3n) is 4.82. The largest absolute Gasteiger partial charge is 0.350 e. The fourth-order valence-corrected chi connectivity index (χ4v) is 3.50. The molecule has 0 atom stereocenters. The summed E-state index contributed by atoms with van der Waals surface area (Å²) < 4.78 is 0. The van der Waals surface area contributed by atoms with Gasteiger partial charge in [-0.05, 0) is 61.5 Å². The average molecular weight is 466 g/mol. The Morgan fingerprint density at radius 1 is 0.844 bits per heavy atom.